The van der Waals surface area contributed by atoms with Crippen molar-refractivity contribution in [3.63, 3.8) is 0 Å². The Morgan fingerprint density at radius 1 is 1.16 bits per heavy atom. The van der Waals surface area contributed by atoms with Gasteiger partial charge in [0, 0.05) is 10.8 Å². The van der Waals surface area contributed by atoms with Gasteiger partial charge in [-0.25, -0.2) is 4.79 Å². The molecule has 0 saturated heterocycles. The van der Waals surface area contributed by atoms with Gasteiger partial charge in [-0.05, 0) is 48.1 Å². The van der Waals surface area contributed by atoms with Crippen LogP contribution in [0.4, 0.5) is 5.13 Å². The fourth-order valence-corrected chi connectivity index (χ4v) is 4.75. The lowest BCUT2D eigenvalue weighted by Crippen LogP contribution is -2.34. The van der Waals surface area contributed by atoms with Crippen molar-refractivity contribution in [2.45, 2.75) is 10.1 Å². The summed E-state index contributed by atoms with van der Waals surface area (Å²) >= 11 is 19.8. The van der Waals surface area contributed by atoms with Crippen LogP contribution >= 0.6 is 58.5 Å². The van der Waals surface area contributed by atoms with Crippen molar-refractivity contribution in [2.75, 3.05) is 12.4 Å². The third-order valence-electron chi connectivity index (χ3n) is 3.77. The molecule has 0 atom stereocenters. The predicted octanol–water partition coefficient (Wildman–Crippen LogP) is 5.05. The van der Waals surface area contributed by atoms with E-state index < -0.39 is 5.91 Å². The molecule has 31 heavy (non-hydrogen) atoms. The van der Waals surface area contributed by atoms with Crippen LogP contribution in [-0.4, -0.2) is 34.3 Å². The van der Waals surface area contributed by atoms with Gasteiger partial charge in [0.25, 0.3) is 5.91 Å². The number of hydrogen-bond acceptors (Lipinski definition) is 8. The average molecular weight is 513 g/mol. The summed E-state index contributed by atoms with van der Waals surface area (Å²) in [7, 11) is 1.34. The average Bonchev–Trinajstić information content (AvgIpc) is 3.19. The van der Waals surface area contributed by atoms with Crippen molar-refractivity contribution in [2.24, 2.45) is 0 Å². The molecule has 1 aromatic heterocycles. The molecule has 3 aromatic rings. The van der Waals surface area contributed by atoms with Gasteiger partial charge >= 0.3 is 5.97 Å². The Labute approximate surface area is 201 Å². The van der Waals surface area contributed by atoms with E-state index in [1.54, 1.807) is 18.2 Å². The van der Waals surface area contributed by atoms with Crippen molar-refractivity contribution in [1.82, 2.24) is 15.5 Å². The highest BCUT2D eigenvalue weighted by molar-refractivity contribution is 8.00. The van der Waals surface area contributed by atoms with Crippen LogP contribution in [0.15, 0.2) is 46.8 Å². The Balaban J connectivity index is 1.51. The number of carbonyl (C=O) groups excluding carboxylic acids is 2. The van der Waals surface area contributed by atoms with E-state index in [-0.39, 0.29) is 21.7 Å². The van der Waals surface area contributed by atoms with Crippen molar-refractivity contribution in [3.05, 3.63) is 69.2 Å². The number of amides is 1. The minimum Gasteiger partial charge on any atom is -0.465 e. The number of halogens is 2. The molecule has 0 saturated carbocycles. The molecular weight excluding hydrogens is 499 g/mol. The first-order chi connectivity index (χ1) is 14.9. The molecule has 12 heteroatoms. The zero-order chi connectivity index (χ0) is 22.4. The summed E-state index contributed by atoms with van der Waals surface area (Å²) in [6.45, 7) is 0. The Morgan fingerprint density at radius 3 is 2.58 bits per heavy atom. The van der Waals surface area contributed by atoms with Crippen molar-refractivity contribution < 1.29 is 14.3 Å². The molecule has 0 fully saturated rings. The monoisotopic (exact) mass is 512 g/mol. The highest BCUT2D eigenvalue weighted by Crippen LogP contribution is 2.28. The second-order valence-corrected chi connectivity index (χ2v) is 9.33. The molecule has 0 radical (unpaired) electrons. The van der Waals surface area contributed by atoms with Gasteiger partial charge in [0.15, 0.2) is 9.45 Å². The van der Waals surface area contributed by atoms with E-state index >= 15 is 0 Å². The number of hydrogen-bond donors (Lipinski definition) is 2. The number of thioether (sulfide) groups is 1. The van der Waals surface area contributed by atoms with Gasteiger partial charge in [0.1, 0.15) is 0 Å². The molecule has 0 spiro atoms. The summed E-state index contributed by atoms with van der Waals surface area (Å²) in [5.41, 5.74) is 1.76. The molecule has 0 aliphatic rings. The van der Waals surface area contributed by atoms with Crippen molar-refractivity contribution in [1.29, 1.82) is 0 Å². The number of rotatable bonds is 6. The van der Waals surface area contributed by atoms with Gasteiger partial charge in [-0.3, -0.25) is 10.1 Å². The van der Waals surface area contributed by atoms with Crippen LogP contribution in [0.5, 0.6) is 0 Å². The summed E-state index contributed by atoms with van der Waals surface area (Å²) < 4.78 is 5.40. The molecule has 0 unspecified atom stereocenters. The smallest absolute Gasteiger partial charge is 0.337 e. The topological polar surface area (TPSA) is 93.2 Å². The molecule has 0 aliphatic carbocycles. The van der Waals surface area contributed by atoms with Gasteiger partial charge in [0.05, 0.1) is 23.3 Å². The van der Waals surface area contributed by atoms with Gasteiger partial charge in [-0.2, -0.15) is 0 Å². The number of ether oxygens (including phenoxy) is 1. The van der Waals surface area contributed by atoms with Crippen molar-refractivity contribution in [3.8, 4) is 0 Å². The van der Waals surface area contributed by atoms with Crippen LogP contribution in [0.1, 0.15) is 26.3 Å². The standard InChI is InChI=1S/C19H14Cl2N4O3S3/c1-28-16(27)11-4-2-10(3-5-11)9-30-19-25-24-18(31-19)23-17(29)22-15(26)13-7-6-12(20)8-14(13)21/h2-8H,9H2,1H3,(H2,22,23,24,26,29). The molecule has 7 nitrogen and oxygen atoms in total. The summed E-state index contributed by atoms with van der Waals surface area (Å²) in [6.07, 6.45) is 0. The Bertz CT molecular complexity index is 1120. The number of benzene rings is 2. The van der Waals surface area contributed by atoms with E-state index in [0.29, 0.717) is 21.5 Å². The van der Waals surface area contributed by atoms with Gasteiger partial charge in [0.2, 0.25) is 5.13 Å². The lowest BCUT2D eigenvalue weighted by molar-refractivity contribution is 0.0600. The quantitative estimate of drug-likeness (QED) is 0.269. The van der Waals surface area contributed by atoms with E-state index in [1.807, 2.05) is 12.1 Å². The van der Waals surface area contributed by atoms with E-state index in [4.69, 9.17) is 35.4 Å². The first-order valence-corrected chi connectivity index (χ1v) is 11.5. The van der Waals surface area contributed by atoms with E-state index in [1.165, 1.54) is 42.3 Å². The van der Waals surface area contributed by atoms with Gasteiger partial charge in [-0.1, -0.05) is 58.4 Å². The molecular formula is C19H14Cl2N4O3S3. The summed E-state index contributed by atoms with van der Waals surface area (Å²) in [4.78, 5) is 23.8. The Morgan fingerprint density at radius 2 is 1.90 bits per heavy atom. The molecule has 160 valence electrons. The first kappa shape index (κ1) is 23.4. The fraction of sp³-hybridized carbons (Fsp3) is 0.105. The van der Waals surface area contributed by atoms with Crippen LogP contribution in [0.3, 0.4) is 0 Å². The first-order valence-electron chi connectivity index (χ1n) is 8.56. The fourth-order valence-electron chi connectivity index (χ4n) is 2.29. The highest BCUT2D eigenvalue weighted by Gasteiger charge is 2.14. The molecule has 1 amide bonds. The third-order valence-corrected chi connectivity index (χ3v) is 6.56. The minimum atomic E-state index is -0.464. The number of nitrogens with one attached hydrogen (secondary N) is 2. The third kappa shape index (κ3) is 6.62. The van der Waals surface area contributed by atoms with Gasteiger partial charge in [-0.15, -0.1) is 10.2 Å². The van der Waals surface area contributed by atoms with Crippen molar-refractivity contribution >= 4 is 80.6 Å². The number of aromatic nitrogens is 2. The number of nitrogens with zero attached hydrogens (tertiary/aromatic N) is 2. The Kier molecular flexibility index (Phi) is 8.22. The molecule has 3 rings (SSSR count). The van der Waals surface area contributed by atoms with E-state index in [0.717, 1.165) is 9.90 Å². The van der Waals surface area contributed by atoms with E-state index in [2.05, 4.69) is 25.6 Å². The second-order valence-electron chi connectivity index (χ2n) is 5.88. The predicted molar refractivity (Wildman–Crippen MR) is 127 cm³/mol. The summed E-state index contributed by atoms with van der Waals surface area (Å²) in [6, 6.07) is 11.7. The number of esters is 1. The SMILES string of the molecule is COC(=O)c1ccc(CSc2nnc(NC(=S)NC(=O)c3ccc(Cl)cc3Cl)s2)cc1. The highest BCUT2D eigenvalue weighted by atomic mass is 35.5. The molecule has 1 heterocycles. The second kappa shape index (κ2) is 10.9. The maximum Gasteiger partial charge on any atom is 0.337 e. The number of methoxy groups -OCH3 is 1. The largest absolute Gasteiger partial charge is 0.465 e. The lowest BCUT2D eigenvalue weighted by atomic mass is 10.1. The normalized spacial score (nSPS) is 10.4. The molecule has 0 aliphatic heterocycles. The zero-order valence-corrected chi connectivity index (χ0v) is 19.8. The maximum atomic E-state index is 12.3. The summed E-state index contributed by atoms with van der Waals surface area (Å²) in [5.74, 6) is -0.194. The van der Waals surface area contributed by atoms with E-state index in [9.17, 15) is 9.59 Å². The number of thiocarbonyl (C=S) groups is 1. The van der Waals surface area contributed by atoms with Crippen LogP contribution in [0.2, 0.25) is 10.0 Å². The van der Waals surface area contributed by atoms with Crippen LogP contribution in [0, 0.1) is 0 Å². The summed E-state index contributed by atoms with van der Waals surface area (Å²) in [5, 5.41) is 14.6. The molecule has 2 N–H and O–H groups in total. The van der Waals surface area contributed by atoms with Crippen LogP contribution in [0.25, 0.3) is 0 Å². The van der Waals surface area contributed by atoms with Gasteiger partial charge < -0.3 is 10.1 Å². The van der Waals surface area contributed by atoms with Crippen LogP contribution in [-0.2, 0) is 10.5 Å². The molecule has 2 aromatic carbocycles. The lowest BCUT2D eigenvalue weighted by Gasteiger charge is -2.08. The van der Waals surface area contributed by atoms with Crippen LogP contribution < -0.4 is 10.6 Å². The minimum absolute atomic E-state index is 0.0714. The maximum absolute atomic E-state index is 12.3. The number of carbonyl (C=O) groups is 2. The Hall–Kier alpha value is -2.24. The molecule has 0 bridgehead atoms. The zero-order valence-electron chi connectivity index (χ0n) is 15.8. The number of anilines is 1.